The molecule has 4 rings (SSSR count). The summed E-state index contributed by atoms with van der Waals surface area (Å²) in [5, 5.41) is 0.217. The lowest BCUT2D eigenvalue weighted by Gasteiger charge is -2.43. The lowest BCUT2D eigenvalue weighted by molar-refractivity contribution is -0.155. The number of nitrogens with zero attached hydrogens (tertiary/aromatic N) is 1. The highest BCUT2D eigenvalue weighted by atomic mass is 28.4. The van der Waals surface area contributed by atoms with E-state index < -0.39 is 8.32 Å². The van der Waals surface area contributed by atoms with Crippen molar-refractivity contribution in [2.45, 2.75) is 122 Å². The predicted molar refractivity (Wildman–Crippen MR) is 143 cm³/mol. The molecule has 2 saturated heterocycles. The van der Waals surface area contributed by atoms with Crippen molar-refractivity contribution in [1.82, 2.24) is 4.90 Å². The van der Waals surface area contributed by atoms with Crippen LogP contribution in [0.5, 0.6) is 0 Å². The van der Waals surface area contributed by atoms with Crippen LogP contribution in [0.4, 0.5) is 0 Å². The zero-order valence-corrected chi connectivity index (χ0v) is 24.2. The fourth-order valence-corrected chi connectivity index (χ4v) is 7.20. The summed E-state index contributed by atoms with van der Waals surface area (Å²) in [6, 6.07) is 7.38. The van der Waals surface area contributed by atoms with Gasteiger partial charge < -0.3 is 13.9 Å². The quantitative estimate of drug-likeness (QED) is 0.229. The second-order valence-electron chi connectivity index (χ2n) is 12.6. The number of carbonyl (C=O) groups is 1. The Kier molecular flexibility index (Phi) is 7.88. The highest BCUT2D eigenvalue weighted by Crippen LogP contribution is 2.52. The van der Waals surface area contributed by atoms with Gasteiger partial charge >= 0.3 is 5.97 Å². The minimum absolute atomic E-state index is 0.00664. The summed E-state index contributed by atoms with van der Waals surface area (Å²) in [5.41, 5.74) is 4.39. The van der Waals surface area contributed by atoms with Gasteiger partial charge in [0.25, 0.3) is 0 Å². The molecule has 0 unspecified atom stereocenters. The minimum Gasteiger partial charge on any atom is -0.466 e. The Morgan fingerprint density at radius 1 is 1.23 bits per heavy atom. The summed E-state index contributed by atoms with van der Waals surface area (Å²) in [5.74, 6) is 0.344. The molecule has 3 aliphatic rings. The first-order valence-electron chi connectivity index (χ1n) is 13.8. The van der Waals surface area contributed by atoms with Gasteiger partial charge in [0.05, 0.1) is 24.7 Å². The SMILES string of the molecule is CCOC(=O)[C@H]1C[C@@H](CCCO[Si](C)(C)C(C)(C)C)N2[C@@H](C1)O[C@@H]1Cc3cccc(C(C)C)c3[C@@H]12. The van der Waals surface area contributed by atoms with Gasteiger partial charge in [0, 0.05) is 25.5 Å². The van der Waals surface area contributed by atoms with Crippen molar-refractivity contribution < 1.29 is 18.7 Å². The number of fused-ring (bicyclic) bond motifs is 5. The minimum atomic E-state index is -1.76. The number of piperidine rings is 1. The number of rotatable bonds is 8. The van der Waals surface area contributed by atoms with Gasteiger partial charge in [-0.25, -0.2) is 0 Å². The molecule has 1 aliphatic carbocycles. The molecule has 1 aromatic rings. The van der Waals surface area contributed by atoms with Crippen LogP contribution < -0.4 is 0 Å². The van der Waals surface area contributed by atoms with E-state index in [1.807, 2.05) is 6.92 Å². The van der Waals surface area contributed by atoms with Crippen LogP contribution in [0.3, 0.4) is 0 Å². The van der Waals surface area contributed by atoms with E-state index >= 15 is 0 Å². The zero-order chi connectivity index (χ0) is 25.5. The largest absolute Gasteiger partial charge is 0.466 e. The summed E-state index contributed by atoms with van der Waals surface area (Å²) in [4.78, 5) is 15.4. The highest BCUT2D eigenvalue weighted by molar-refractivity contribution is 6.74. The van der Waals surface area contributed by atoms with Gasteiger partial charge in [0.1, 0.15) is 6.23 Å². The molecule has 0 radical (unpaired) electrons. The summed E-state index contributed by atoms with van der Waals surface area (Å²) in [6.07, 6.45) is 4.76. The predicted octanol–water partition coefficient (Wildman–Crippen LogP) is 6.58. The van der Waals surface area contributed by atoms with E-state index in [0.717, 1.165) is 38.7 Å². The molecule has 6 heteroatoms. The standard InChI is InChI=1S/C29H47NO4Si/c1-9-32-28(31)21-16-22(13-11-15-33-35(7,8)29(4,5)6)30-25(18-21)34-24-17-20-12-10-14-23(19(2)3)26(20)27(24)30/h10,12,14,19,21-22,24-25,27H,9,11,13,15-18H2,1-8H3/t21-,22+,24+,25+,27+/m0/s1. The molecule has 1 aromatic carbocycles. The Hall–Kier alpha value is -1.21. The van der Waals surface area contributed by atoms with Gasteiger partial charge in [0.2, 0.25) is 0 Å². The van der Waals surface area contributed by atoms with Crippen LogP contribution in [0.15, 0.2) is 18.2 Å². The maximum absolute atomic E-state index is 12.8. The van der Waals surface area contributed by atoms with Crippen LogP contribution >= 0.6 is 0 Å². The molecule has 0 N–H and O–H groups in total. The van der Waals surface area contributed by atoms with Gasteiger partial charge in [-0.15, -0.1) is 0 Å². The molecule has 0 amide bonds. The fourth-order valence-electron chi connectivity index (χ4n) is 6.12. The van der Waals surface area contributed by atoms with Crippen molar-refractivity contribution in [3.05, 3.63) is 34.9 Å². The first-order chi connectivity index (χ1) is 16.4. The molecule has 5 nitrogen and oxygen atoms in total. The van der Waals surface area contributed by atoms with E-state index in [9.17, 15) is 4.79 Å². The molecule has 2 fully saturated rings. The monoisotopic (exact) mass is 501 g/mol. The van der Waals surface area contributed by atoms with E-state index in [4.69, 9.17) is 13.9 Å². The van der Waals surface area contributed by atoms with E-state index in [1.165, 1.54) is 16.7 Å². The number of hydrogen-bond donors (Lipinski definition) is 0. The molecule has 0 aromatic heterocycles. The van der Waals surface area contributed by atoms with Crippen LogP contribution in [-0.4, -0.2) is 50.8 Å². The number of carbonyl (C=O) groups excluding carboxylic acids is 1. The van der Waals surface area contributed by atoms with E-state index in [2.05, 4.69) is 70.8 Å². The van der Waals surface area contributed by atoms with Crippen molar-refractivity contribution in [2.24, 2.45) is 5.92 Å². The van der Waals surface area contributed by atoms with E-state index in [-0.39, 0.29) is 29.3 Å². The summed E-state index contributed by atoms with van der Waals surface area (Å²) < 4.78 is 18.6. The normalized spacial score (nSPS) is 28.7. The third-order valence-corrected chi connectivity index (χ3v) is 13.5. The maximum atomic E-state index is 12.8. The molecule has 0 spiro atoms. The molecule has 35 heavy (non-hydrogen) atoms. The van der Waals surface area contributed by atoms with Gasteiger partial charge in [-0.2, -0.15) is 0 Å². The molecule has 0 bridgehead atoms. The Labute approximate surface area is 214 Å². The third-order valence-electron chi connectivity index (χ3n) is 8.94. The van der Waals surface area contributed by atoms with Crippen molar-refractivity contribution >= 4 is 14.3 Å². The van der Waals surface area contributed by atoms with Gasteiger partial charge in [-0.3, -0.25) is 9.69 Å². The first kappa shape index (κ1) is 26.8. The molecule has 2 heterocycles. The second kappa shape index (κ2) is 10.3. The average Bonchev–Trinajstić information content (AvgIpc) is 3.31. The summed E-state index contributed by atoms with van der Waals surface area (Å²) in [6.45, 7) is 19.2. The molecule has 196 valence electrons. The number of ether oxygens (including phenoxy) is 2. The van der Waals surface area contributed by atoms with Crippen LogP contribution in [0.1, 0.15) is 95.9 Å². The molecule has 0 saturated carbocycles. The maximum Gasteiger partial charge on any atom is 0.309 e. The smallest absolute Gasteiger partial charge is 0.309 e. The molecule has 5 atom stereocenters. The zero-order valence-electron chi connectivity index (χ0n) is 23.2. The molecular weight excluding hydrogens is 454 g/mol. The fraction of sp³-hybridized carbons (Fsp3) is 0.759. The number of benzene rings is 1. The van der Waals surface area contributed by atoms with Crippen LogP contribution in [0.2, 0.25) is 18.1 Å². The van der Waals surface area contributed by atoms with Crippen molar-refractivity contribution in [3.8, 4) is 0 Å². The Morgan fingerprint density at radius 3 is 2.63 bits per heavy atom. The van der Waals surface area contributed by atoms with Crippen LogP contribution in [-0.2, 0) is 25.1 Å². The summed E-state index contributed by atoms with van der Waals surface area (Å²) >= 11 is 0. The van der Waals surface area contributed by atoms with Gasteiger partial charge in [-0.05, 0) is 66.9 Å². The van der Waals surface area contributed by atoms with Gasteiger partial charge in [-0.1, -0.05) is 52.8 Å². The number of hydrogen-bond acceptors (Lipinski definition) is 5. The summed E-state index contributed by atoms with van der Waals surface area (Å²) in [7, 11) is -1.76. The Bertz CT molecular complexity index is 908. The second-order valence-corrected chi connectivity index (χ2v) is 17.4. The lowest BCUT2D eigenvalue weighted by Crippen LogP contribution is -2.49. The topological polar surface area (TPSA) is 48.0 Å². The van der Waals surface area contributed by atoms with Crippen molar-refractivity contribution in [3.63, 3.8) is 0 Å². The van der Waals surface area contributed by atoms with Gasteiger partial charge in [0.15, 0.2) is 8.32 Å². The third kappa shape index (κ3) is 5.27. The molecule has 2 aliphatic heterocycles. The van der Waals surface area contributed by atoms with Crippen LogP contribution in [0, 0.1) is 5.92 Å². The average molecular weight is 502 g/mol. The van der Waals surface area contributed by atoms with Crippen molar-refractivity contribution in [2.75, 3.05) is 13.2 Å². The molecular formula is C29H47NO4Si. The van der Waals surface area contributed by atoms with Crippen molar-refractivity contribution in [1.29, 1.82) is 0 Å². The Morgan fingerprint density at radius 2 is 1.97 bits per heavy atom. The van der Waals surface area contributed by atoms with E-state index in [1.54, 1.807) is 0 Å². The lowest BCUT2D eigenvalue weighted by atomic mass is 9.85. The Balaban J connectivity index is 1.55. The van der Waals surface area contributed by atoms with Crippen LogP contribution in [0.25, 0.3) is 0 Å². The highest BCUT2D eigenvalue weighted by Gasteiger charge is 2.54. The first-order valence-corrected chi connectivity index (χ1v) is 16.7. The van der Waals surface area contributed by atoms with E-state index in [0.29, 0.717) is 24.6 Å². The number of esters is 1.